The Bertz CT molecular complexity index is 396. The number of guanidine groups is 1. The van der Waals surface area contributed by atoms with Gasteiger partial charge in [-0.2, -0.15) is 0 Å². The minimum atomic E-state index is -0.0379. The molecule has 1 aromatic carbocycles. The standard InChI is InChI=1S/C14H22ClN3.HI/c1-14(2,3)18-13(16)17-10-4-5-11-6-8-12(15)9-7-11;/h6-9H,4-5,10H2,1-3H3,(H3,16,17,18);1H. The number of nitrogens with zero attached hydrogens (tertiary/aromatic N) is 1. The van der Waals surface area contributed by atoms with E-state index in [9.17, 15) is 0 Å². The van der Waals surface area contributed by atoms with Gasteiger partial charge in [0.05, 0.1) is 0 Å². The predicted octanol–water partition coefficient (Wildman–Crippen LogP) is 3.59. The zero-order chi connectivity index (χ0) is 13.6. The van der Waals surface area contributed by atoms with Crippen LogP contribution in [0.1, 0.15) is 32.8 Å². The summed E-state index contributed by atoms with van der Waals surface area (Å²) >= 11 is 5.83. The van der Waals surface area contributed by atoms with E-state index in [1.54, 1.807) is 0 Å². The van der Waals surface area contributed by atoms with Crippen molar-refractivity contribution in [3.63, 3.8) is 0 Å². The Labute approximate surface area is 138 Å². The van der Waals surface area contributed by atoms with Crippen LogP contribution in [0.25, 0.3) is 0 Å². The lowest BCUT2D eigenvalue weighted by molar-refractivity contribution is 0.508. The lowest BCUT2D eigenvalue weighted by Gasteiger charge is -2.20. The van der Waals surface area contributed by atoms with E-state index in [2.05, 4.69) is 31.1 Å². The fraction of sp³-hybridized carbons (Fsp3) is 0.500. The molecule has 0 amide bonds. The molecule has 0 bridgehead atoms. The second kappa shape index (κ2) is 8.64. The number of benzene rings is 1. The van der Waals surface area contributed by atoms with Crippen molar-refractivity contribution < 1.29 is 0 Å². The molecule has 0 aliphatic heterocycles. The Hall–Kier alpha value is -0.490. The monoisotopic (exact) mass is 395 g/mol. The van der Waals surface area contributed by atoms with Crippen molar-refractivity contribution in [2.24, 2.45) is 10.7 Å². The predicted molar refractivity (Wildman–Crippen MR) is 94.6 cm³/mol. The van der Waals surface area contributed by atoms with Crippen LogP contribution in [0.4, 0.5) is 0 Å². The van der Waals surface area contributed by atoms with Crippen molar-refractivity contribution in [2.45, 2.75) is 39.2 Å². The molecule has 1 rings (SSSR count). The van der Waals surface area contributed by atoms with E-state index >= 15 is 0 Å². The van der Waals surface area contributed by atoms with Gasteiger partial charge < -0.3 is 11.1 Å². The van der Waals surface area contributed by atoms with Crippen LogP contribution in [-0.4, -0.2) is 18.0 Å². The molecule has 3 nitrogen and oxygen atoms in total. The first-order chi connectivity index (χ1) is 8.37. The number of nitrogens with one attached hydrogen (secondary N) is 1. The third-order valence-corrected chi connectivity index (χ3v) is 2.57. The number of hydrogen-bond acceptors (Lipinski definition) is 1. The van der Waals surface area contributed by atoms with Crippen LogP contribution < -0.4 is 11.1 Å². The van der Waals surface area contributed by atoms with Crippen molar-refractivity contribution in [1.29, 1.82) is 0 Å². The second-order valence-electron chi connectivity index (χ2n) is 5.37. The number of aliphatic imine (C=N–C) groups is 1. The van der Waals surface area contributed by atoms with Crippen LogP contribution in [-0.2, 0) is 6.42 Å². The smallest absolute Gasteiger partial charge is 0.188 e. The summed E-state index contributed by atoms with van der Waals surface area (Å²) in [7, 11) is 0. The summed E-state index contributed by atoms with van der Waals surface area (Å²) in [4.78, 5) is 4.30. The molecule has 3 N–H and O–H groups in total. The van der Waals surface area contributed by atoms with Gasteiger partial charge in [-0.05, 0) is 51.3 Å². The van der Waals surface area contributed by atoms with E-state index in [1.165, 1.54) is 5.56 Å². The zero-order valence-electron chi connectivity index (χ0n) is 11.7. The Kier molecular flexibility index (Phi) is 8.41. The number of nitrogens with two attached hydrogens (primary N) is 1. The molecule has 0 heterocycles. The first-order valence-electron chi connectivity index (χ1n) is 6.19. The first kappa shape index (κ1) is 18.5. The summed E-state index contributed by atoms with van der Waals surface area (Å²) in [5.41, 5.74) is 7.02. The van der Waals surface area contributed by atoms with Gasteiger partial charge in [-0.1, -0.05) is 23.7 Å². The van der Waals surface area contributed by atoms with Gasteiger partial charge in [0, 0.05) is 17.1 Å². The molecular weight excluding hydrogens is 373 g/mol. The van der Waals surface area contributed by atoms with Crippen molar-refractivity contribution in [1.82, 2.24) is 5.32 Å². The van der Waals surface area contributed by atoms with E-state index in [-0.39, 0.29) is 29.5 Å². The molecule has 0 radical (unpaired) electrons. The SMILES string of the molecule is CC(C)(C)NC(N)=NCCCc1ccc(Cl)cc1.I. The highest BCUT2D eigenvalue weighted by Crippen LogP contribution is 2.10. The van der Waals surface area contributed by atoms with E-state index in [0.717, 1.165) is 24.4 Å². The maximum atomic E-state index is 5.83. The van der Waals surface area contributed by atoms with E-state index < -0.39 is 0 Å². The average Bonchev–Trinajstić information content (AvgIpc) is 2.24. The lowest BCUT2D eigenvalue weighted by Crippen LogP contribution is -2.45. The topological polar surface area (TPSA) is 50.4 Å². The second-order valence-corrected chi connectivity index (χ2v) is 5.81. The van der Waals surface area contributed by atoms with Crippen LogP contribution in [0.5, 0.6) is 0 Å². The summed E-state index contributed by atoms with van der Waals surface area (Å²) in [5.74, 6) is 0.513. The summed E-state index contributed by atoms with van der Waals surface area (Å²) in [5, 5.41) is 3.91. The third kappa shape index (κ3) is 9.10. The summed E-state index contributed by atoms with van der Waals surface area (Å²) in [6, 6.07) is 7.91. The number of hydrogen-bond donors (Lipinski definition) is 2. The molecule has 0 aromatic heterocycles. The number of halogens is 2. The quantitative estimate of drug-likeness (QED) is 0.354. The number of rotatable bonds is 4. The highest BCUT2D eigenvalue weighted by Gasteiger charge is 2.09. The Morgan fingerprint density at radius 1 is 1.26 bits per heavy atom. The maximum absolute atomic E-state index is 5.83. The van der Waals surface area contributed by atoms with E-state index in [4.69, 9.17) is 17.3 Å². The largest absolute Gasteiger partial charge is 0.370 e. The molecule has 0 saturated heterocycles. The minimum absolute atomic E-state index is 0. The molecule has 0 saturated carbocycles. The highest BCUT2D eigenvalue weighted by atomic mass is 127. The summed E-state index contributed by atoms with van der Waals surface area (Å²) < 4.78 is 0. The van der Waals surface area contributed by atoms with Gasteiger partial charge in [-0.25, -0.2) is 0 Å². The van der Waals surface area contributed by atoms with E-state index in [1.807, 2.05) is 24.3 Å². The molecule has 0 aliphatic carbocycles. The first-order valence-corrected chi connectivity index (χ1v) is 6.57. The van der Waals surface area contributed by atoms with Gasteiger partial charge in [0.2, 0.25) is 0 Å². The van der Waals surface area contributed by atoms with Gasteiger partial charge in [0.25, 0.3) is 0 Å². The average molecular weight is 396 g/mol. The van der Waals surface area contributed by atoms with Gasteiger partial charge in [0.15, 0.2) is 5.96 Å². The van der Waals surface area contributed by atoms with Crippen molar-refractivity contribution in [3.8, 4) is 0 Å². The van der Waals surface area contributed by atoms with Crippen molar-refractivity contribution in [3.05, 3.63) is 34.9 Å². The van der Waals surface area contributed by atoms with Crippen molar-refractivity contribution >= 4 is 41.5 Å². The molecule has 19 heavy (non-hydrogen) atoms. The van der Waals surface area contributed by atoms with Crippen LogP contribution in [0, 0.1) is 0 Å². The molecular formula is C14H23ClIN3. The zero-order valence-corrected chi connectivity index (χ0v) is 14.8. The summed E-state index contributed by atoms with van der Waals surface area (Å²) in [6.45, 7) is 6.91. The van der Waals surface area contributed by atoms with Crippen LogP contribution in [0.2, 0.25) is 5.02 Å². The molecule has 0 atom stereocenters. The molecule has 5 heteroatoms. The van der Waals surface area contributed by atoms with Crippen molar-refractivity contribution in [2.75, 3.05) is 6.54 Å². The fourth-order valence-corrected chi connectivity index (χ4v) is 1.68. The Balaban J connectivity index is 0.00000324. The maximum Gasteiger partial charge on any atom is 0.188 e. The Morgan fingerprint density at radius 3 is 2.37 bits per heavy atom. The van der Waals surface area contributed by atoms with Crippen LogP contribution in [0.15, 0.2) is 29.3 Å². The lowest BCUT2D eigenvalue weighted by atomic mass is 10.1. The number of aryl methyl sites for hydroxylation is 1. The molecule has 1 aromatic rings. The van der Waals surface area contributed by atoms with Crippen LogP contribution >= 0.6 is 35.6 Å². The van der Waals surface area contributed by atoms with Crippen LogP contribution in [0.3, 0.4) is 0 Å². The minimum Gasteiger partial charge on any atom is -0.370 e. The fourth-order valence-electron chi connectivity index (χ4n) is 1.56. The molecule has 0 aliphatic rings. The highest BCUT2D eigenvalue weighted by molar-refractivity contribution is 14.0. The summed E-state index contributed by atoms with van der Waals surface area (Å²) in [6.07, 6.45) is 1.97. The molecule has 0 spiro atoms. The van der Waals surface area contributed by atoms with Gasteiger partial charge in [-0.15, -0.1) is 24.0 Å². The van der Waals surface area contributed by atoms with E-state index in [0.29, 0.717) is 5.96 Å². The Morgan fingerprint density at radius 2 is 1.84 bits per heavy atom. The van der Waals surface area contributed by atoms with Gasteiger partial charge in [0.1, 0.15) is 0 Å². The van der Waals surface area contributed by atoms with Gasteiger partial charge >= 0.3 is 0 Å². The third-order valence-electron chi connectivity index (χ3n) is 2.32. The van der Waals surface area contributed by atoms with Gasteiger partial charge in [-0.3, -0.25) is 4.99 Å². The normalized spacial score (nSPS) is 11.9. The molecule has 108 valence electrons. The molecule has 0 fully saturated rings. The molecule has 0 unspecified atom stereocenters.